The number of unbranched alkanes of at least 4 members (excludes halogenated alkanes) is 33. The Labute approximate surface area is 446 Å². The first-order valence-electron chi connectivity index (χ1n) is 30.9. The third-order valence-corrected chi connectivity index (χ3v) is 13.4. The fourth-order valence-corrected chi connectivity index (χ4v) is 8.82. The molecule has 0 amide bonds. The molecule has 72 heavy (non-hydrogen) atoms. The van der Waals surface area contributed by atoms with Crippen molar-refractivity contribution < 1.29 is 28.6 Å². The Morgan fingerprint density at radius 2 is 0.542 bits per heavy atom. The van der Waals surface area contributed by atoms with E-state index in [0.717, 1.165) is 96.3 Å². The maximum atomic E-state index is 12.9. The van der Waals surface area contributed by atoms with Crippen molar-refractivity contribution in [3.05, 3.63) is 72.9 Å². The molecule has 0 fully saturated rings. The first-order valence-corrected chi connectivity index (χ1v) is 30.9. The SMILES string of the molecule is CC/C=C\C/C=C\C/C=C\C/C=C\CCCCCCCCCCCCC(=O)OCC(COC(=O)CCCCCCCCCCCCCCCC)OC(=O)CCCCCCCCC/C=C\C/C=C\CCCCC. The largest absolute Gasteiger partial charge is 0.462 e. The van der Waals surface area contributed by atoms with Crippen LogP contribution in [0.2, 0.25) is 0 Å². The molecule has 6 heteroatoms. The van der Waals surface area contributed by atoms with E-state index in [1.54, 1.807) is 0 Å². The van der Waals surface area contributed by atoms with Gasteiger partial charge in [0.25, 0.3) is 0 Å². The smallest absolute Gasteiger partial charge is 0.306 e. The molecule has 0 aromatic heterocycles. The second kappa shape index (κ2) is 60.4. The maximum absolute atomic E-state index is 12.9. The van der Waals surface area contributed by atoms with Gasteiger partial charge in [-0.05, 0) is 89.9 Å². The molecule has 0 radical (unpaired) electrons. The molecular formula is C66H116O6. The molecule has 0 rings (SSSR count). The topological polar surface area (TPSA) is 78.9 Å². The molecule has 0 aliphatic carbocycles. The van der Waals surface area contributed by atoms with Crippen LogP contribution < -0.4 is 0 Å². The van der Waals surface area contributed by atoms with Crippen LogP contribution in [0.15, 0.2) is 72.9 Å². The van der Waals surface area contributed by atoms with Crippen LogP contribution in [0.1, 0.15) is 310 Å². The van der Waals surface area contributed by atoms with Crippen molar-refractivity contribution >= 4 is 17.9 Å². The molecule has 0 heterocycles. The lowest BCUT2D eigenvalue weighted by Crippen LogP contribution is -2.30. The van der Waals surface area contributed by atoms with Gasteiger partial charge in [0.05, 0.1) is 0 Å². The number of ether oxygens (including phenoxy) is 3. The van der Waals surface area contributed by atoms with Gasteiger partial charge >= 0.3 is 17.9 Å². The monoisotopic (exact) mass is 1000 g/mol. The Balaban J connectivity index is 4.34. The molecular weight excluding hydrogens is 889 g/mol. The highest BCUT2D eigenvalue weighted by Gasteiger charge is 2.19. The van der Waals surface area contributed by atoms with Crippen molar-refractivity contribution in [1.82, 2.24) is 0 Å². The molecule has 0 aromatic rings. The van der Waals surface area contributed by atoms with Gasteiger partial charge in [-0.2, -0.15) is 0 Å². The van der Waals surface area contributed by atoms with Crippen LogP contribution in [0.5, 0.6) is 0 Å². The summed E-state index contributed by atoms with van der Waals surface area (Å²) in [5, 5.41) is 0. The number of carbonyl (C=O) groups excluding carboxylic acids is 3. The molecule has 416 valence electrons. The predicted molar refractivity (Wildman–Crippen MR) is 311 cm³/mol. The van der Waals surface area contributed by atoms with E-state index in [2.05, 4.69) is 93.7 Å². The Hall–Kier alpha value is -3.15. The van der Waals surface area contributed by atoms with E-state index in [4.69, 9.17) is 14.2 Å². The van der Waals surface area contributed by atoms with Gasteiger partial charge in [0.2, 0.25) is 0 Å². The Morgan fingerprint density at radius 1 is 0.292 bits per heavy atom. The minimum absolute atomic E-state index is 0.0767. The summed E-state index contributed by atoms with van der Waals surface area (Å²) in [4.78, 5) is 38.3. The quantitative estimate of drug-likeness (QED) is 0.0261. The normalized spacial score (nSPS) is 12.5. The predicted octanol–water partition coefficient (Wildman–Crippen LogP) is 20.9. The second-order valence-electron chi connectivity index (χ2n) is 20.6. The zero-order valence-corrected chi connectivity index (χ0v) is 47.7. The van der Waals surface area contributed by atoms with Crippen molar-refractivity contribution in [1.29, 1.82) is 0 Å². The van der Waals surface area contributed by atoms with Gasteiger partial charge in [-0.15, -0.1) is 0 Å². The highest BCUT2D eigenvalue weighted by atomic mass is 16.6. The van der Waals surface area contributed by atoms with Gasteiger partial charge in [-0.1, -0.05) is 273 Å². The molecule has 0 saturated carbocycles. The third kappa shape index (κ3) is 57.7. The lowest BCUT2D eigenvalue weighted by molar-refractivity contribution is -0.167. The first-order chi connectivity index (χ1) is 35.5. The Morgan fingerprint density at radius 3 is 0.875 bits per heavy atom. The van der Waals surface area contributed by atoms with Gasteiger partial charge in [-0.25, -0.2) is 0 Å². The average Bonchev–Trinajstić information content (AvgIpc) is 3.38. The minimum Gasteiger partial charge on any atom is -0.462 e. The van der Waals surface area contributed by atoms with E-state index in [9.17, 15) is 14.4 Å². The van der Waals surface area contributed by atoms with Crippen LogP contribution >= 0.6 is 0 Å². The number of allylic oxidation sites excluding steroid dienone is 12. The summed E-state index contributed by atoms with van der Waals surface area (Å²) in [6.45, 7) is 6.53. The van der Waals surface area contributed by atoms with Gasteiger partial charge in [0.1, 0.15) is 13.2 Å². The van der Waals surface area contributed by atoms with E-state index in [1.807, 2.05) is 0 Å². The van der Waals surface area contributed by atoms with Crippen molar-refractivity contribution in [2.75, 3.05) is 13.2 Å². The minimum atomic E-state index is -0.780. The van der Waals surface area contributed by atoms with Crippen molar-refractivity contribution in [3.8, 4) is 0 Å². The molecule has 0 saturated heterocycles. The van der Waals surface area contributed by atoms with Gasteiger partial charge in [0.15, 0.2) is 6.10 Å². The summed E-state index contributed by atoms with van der Waals surface area (Å²) in [6, 6.07) is 0. The molecule has 0 aromatic carbocycles. The summed E-state index contributed by atoms with van der Waals surface area (Å²) in [5.74, 6) is -0.875. The summed E-state index contributed by atoms with van der Waals surface area (Å²) in [6.07, 6.45) is 77.5. The molecule has 0 N–H and O–H groups in total. The summed E-state index contributed by atoms with van der Waals surface area (Å²) < 4.78 is 16.9. The van der Waals surface area contributed by atoms with Crippen molar-refractivity contribution in [2.24, 2.45) is 0 Å². The lowest BCUT2D eigenvalue weighted by atomic mass is 10.0. The summed E-state index contributed by atoms with van der Waals surface area (Å²) in [7, 11) is 0. The molecule has 6 nitrogen and oxygen atoms in total. The van der Waals surface area contributed by atoms with Gasteiger partial charge < -0.3 is 14.2 Å². The zero-order valence-electron chi connectivity index (χ0n) is 47.7. The zero-order chi connectivity index (χ0) is 52.2. The van der Waals surface area contributed by atoms with Crippen LogP contribution in [0.25, 0.3) is 0 Å². The van der Waals surface area contributed by atoms with E-state index < -0.39 is 6.10 Å². The molecule has 0 spiro atoms. The number of hydrogen-bond acceptors (Lipinski definition) is 6. The van der Waals surface area contributed by atoms with Crippen molar-refractivity contribution in [3.63, 3.8) is 0 Å². The van der Waals surface area contributed by atoms with E-state index in [0.29, 0.717) is 19.3 Å². The molecule has 0 aliphatic heterocycles. The summed E-state index contributed by atoms with van der Waals surface area (Å²) >= 11 is 0. The highest BCUT2D eigenvalue weighted by molar-refractivity contribution is 5.71. The molecule has 1 atom stereocenters. The van der Waals surface area contributed by atoms with E-state index in [-0.39, 0.29) is 31.1 Å². The maximum Gasteiger partial charge on any atom is 0.306 e. The van der Waals surface area contributed by atoms with Crippen LogP contribution in [0, 0.1) is 0 Å². The van der Waals surface area contributed by atoms with Crippen LogP contribution in [-0.4, -0.2) is 37.2 Å². The second-order valence-corrected chi connectivity index (χ2v) is 20.6. The van der Waals surface area contributed by atoms with E-state index >= 15 is 0 Å². The fourth-order valence-electron chi connectivity index (χ4n) is 8.82. The Kier molecular flexibility index (Phi) is 57.8. The highest BCUT2D eigenvalue weighted by Crippen LogP contribution is 2.16. The van der Waals surface area contributed by atoms with Crippen molar-refractivity contribution in [2.45, 2.75) is 316 Å². The molecule has 0 bridgehead atoms. The third-order valence-electron chi connectivity index (χ3n) is 13.4. The van der Waals surface area contributed by atoms with Gasteiger partial charge in [0, 0.05) is 19.3 Å². The van der Waals surface area contributed by atoms with Crippen LogP contribution in [0.3, 0.4) is 0 Å². The fraction of sp³-hybridized carbons (Fsp3) is 0.773. The number of esters is 3. The van der Waals surface area contributed by atoms with Crippen LogP contribution in [-0.2, 0) is 28.6 Å². The van der Waals surface area contributed by atoms with E-state index in [1.165, 1.54) is 173 Å². The van der Waals surface area contributed by atoms with Gasteiger partial charge in [-0.3, -0.25) is 14.4 Å². The number of rotatable bonds is 56. The standard InChI is InChI=1S/C66H116O6/c1-4-7-10-13-16-19-22-25-28-30-31-32-33-34-35-37-38-41-44-47-50-53-56-59-65(68)71-62-63(61-70-64(67)58-55-52-49-46-43-40-27-24-21-18-15-12-9-6-3)72-66(69)60-57-54-51-48-45-42-39-36-29-26-23-20-17-14-11-8-5-2/h7,10,16-17,19-20,25-26,28-29,31-32,63H,4-6,8-9,11-15,18,21-24,27,30,33-62H2,1-3H3/b10-7-,19-16-,20-17-,28-25-,29-26-,32-31-. The summed E-state index contributed by atoms with van der Waals surface area (Å²) in [5.41, 5.74) is 0. The average molecular weight is 1010 g/mol. The molecule has 1 unspecified atom stereocenters. The van der Waals surface area contributed by atoms with Crippen LogP contribution in [0.4, 0.5) is 0 Å². The Bertz CT molecular complexity index is 1340. The lowest BCUT2D eigenvalue weighted by Gasteiger charge is -2.18. The number of hydrogen-bond donors (Lipinski definition) is 0. The molecule has 0 aliphatic rings. The first kappa shape index (κ1) is 68.8. The number of carbonyl (C=O) groups is 3.